The Morgan fingerprint density at radius 2 is 2.00 bits per heavy atom. The molecule has 2 heterocycles. The van der Waals surface area contributed by atoms with E-state index in [1.54, 1.807) is 13.0 Å². The molecule has 146 valence electrons. The zero-order valence-corrected chi connectivity index (χ0v) is 17.1. The molecular weight excluding hydrogens is 380 g/mol. The molecule has 2 aromatic carbocycles. The van der Waals surface area contributed by atoms with Crippen molar-refractivity contribution in [1.29, 1.82) is 0 Å². The van der Waals surface area contributed by atoms with E-state index in [-0.39, 0.29) is 11.4 Å². The average Bonchev–Trinajstić information content (AvgIpc) is 2.79. The highest BCUT2D eigenvalue weighted by Gasteiger charge is 2.58. The van der Waals surface area contributed by atoms with Gasteiger partial charge in [0.1, 0.15) is 5.75 Å². The molecule has 6 nitrogen and oxygen atoms in total. The number of nitrogens with zero attached hydrogens (tertiary/aromatic N) is 2. The summed E-state index contributed by atoms with van der Waals surface area (Å²) in [7, 11) is 3.40. The molecule has 4 rings (SSSR count). The summed E-state index contributed by atoms with van der Waals surface area (Å²) in [6.45, 7) is 5.93. The van der Waals surface area contributed by atoms with Gasteiger partial charge in [-0.3, -0.25) is 10.1 Å². The number of halogens is 1. The molecule has 2 aliphatic heterocycles. The van der Waals surface area contributed by atoms with E-state index in [9.17, 15) is 10.1 Å². The van der Waals surface area contributed by atoms with E-state index in [1.165, 1.54) is 7.11 Å². The number of ether oxygens (including phenoxy) is 2. The molecule has 0 N–H and O–H groups in total. The van der Waals surface area contributed by atoms with Gasteiger partial charge in [0.15, 0.2) is 0 Å². The van der Waals surface area contributed by atoms with Crippen LogP contribution in [0.5, 0.6) is 11.5 Å². The molecular formula is C21H21ClN2O4. The lowest BCUT2D eigenvalue weighted by Crippen LogP contribution is -2.58. The minimum Gasteiger partial charge on any atom is -0.490 e. The van der Waals surface area contributed by atoms with Crippen LogP contribution in [0.15, 0.2) is 30.3 Å². The summed E-state index contributed by atoms with van der Waals surface area (Å²) in [5, 5.41) is 12.2. The molecule has 2 aromatic rings. The van der Waals surface area contributed by atoms with Gasteiger partial charge in [0.2, 0.25) is 11.5 Å². The maximum Gasteiger partial charge on any atom is 0.314 e. The topological polar surface area (TPSA) is 64.8 Å². The Labute approximate surface area is 168 Å². The van der Waals surface area contributed by atoms with Crippen LogP contribution in [0.3, 0.4) is 0 Å². The van der Waals surface area contributed by atoms with Gasteiger partial charge in [0.05, 0.1) is 17.4 Å². The predicted octanol–water partition coefficient (Wildman–Crippen LogP) is 5.09. The summed E-state index contributed by atoms with van der Waals surface area (Å²) in [6.07, 6.45) is 3.89. The van der Waals surface area contributed by atoms with Crippen LogP contribution in [-0.4, -0.2) is 24.8 Å². The van der Waals surface area contributed by atoms with Crippen molar-refractivity contribution in [3.8, 4) is 11.5 Å². The average molecular weight is 401 g/mol. The maximum absolute atomic E-state index is 11.5. The van der Waals surface area contributed by atoms with Crippen LogP contribution in [0.25, 0.3) is 6.08 Å². The molecule has 28 heavy (non-hydrogen) atoms. The smallest absolute Gasteiger partial charge is 0.314 e. The first-order valence-corrected chi connectivity index (χ1v) is 9.30. The quantitative estimate of drug-likeness (QED) is 0.518. The zero-order valence-electron chi connectivity index (χ0n) is 16.4. The number of methoxy groups -OCH3 is 1. The van der Waals surface area contributed by atoms with Crippen LogP contribution in [0.1, 0.15) is 30.5 Å². The second-order valence-corrected chi connectivity index (χ2v) is 8.14. The summed E-state index contributed by atoms with van der Waals surface area (Å²) >= 11 is 6.26. The third kappa shape index (κ3) is 2.21. The van der Waals surface area contributed by atoms with Crippen molar-refractivity contribution >= 4 is 29.1 Å². The van der Waals surface area contributed by atoms with Gasteiger partial charge in [0.25, 0.3) is 0 Å². The lowest BCUT2D eigenvalue weighted by Gasteiger charge is -2.46. The fourth-order valence-corrected chi connectivity index (χ4v) is 4.62. The van der Waals surface area contributed by atoms with Gasteiger partial charge >= 0.3 is 5.69 Å². The molecule has 1 spiro atoms. The lowest BCUT2D eigenvalue weighted by molar-refractivity contribution is -0.386. The highest BCUT2D eigenvalue weighted by molar-refractivity contribution is 6.30. The standard InChI is InChI=1S/C21H21ClN2O4/c1-12-14-8-9-21(28-17(14)11-18(27-5)19(12)24(25)26)20(2,3)15-10-13(22)6-7-16(15)23(21)4/h6-11H,1-5H3. The van der Waals surface area contributed by atoms with E-state index in [0.29, 0.717) is 21.9 Å². The van der Waals surface area contributed by atoms with Gasteiger partial charge < -0.3 is 14.4 Å². The van der Waals surface area contributed by atoms with Crippen LogP contribution >= 0.6 is 11.6 Å². The Morgan fingerprint density at radius 3 is 2.64 bits per heavy atom. The normalized spacial score (nSPS) is 21.3. The van der Waals surface area contributed by atoms with Crippen molar-refractivity contribution in [2.75, 3.05) is 19.1 Å². The van der Waals surface area contributed by atoms with E-state index in [0.717, 1.165) is 11.3 Å². The van der Waals surface area contributed by atoms with E-state index in [1.807, 2.05) is 37.4 Å². The number of anilines is 1. The summed E-state index contributed by atoms with van der Waals surface area (Å²) in [5.74, 6) is 0.743. The third-order valence-corrected chi connectivity index (χ3v) is 6.29. The van der Waals surface area contributed by atoms with Gasteiger partial charge in [-0.25, -0.2) is 0 Å². The van der Waals surface area contributed by atoms with Gasteiger partial charge in [0, 0.05) is 35.0 Å². The van der Waals surface area contributed by atoms with Gasteiger partial charge in [-0.15, -0.1) is 0 Å². The minimum absolute atomic E-state index is 0.0421. The zero-order chi connectivity index (χ0) is 20.4. The van der Waals surface area contributed by atoms with E-state index in [4.69, 9.17) is 21.1 Å². The van der Waals surface area contributed by atoms with Crippen LogP contribution in [-0.2, 0) is 5.41 Å². The predicted molar refractivity (Wildman–Crippen MR) is 110 cm³/mol. The Kier molecular flexibility index (Phi) is 3.91. The summed E-state index contributed by atoms with van der Waals surface area (Å²) in [4.78, 5) is 13.2. The van der Waals surface area contributed by atoms with Crippen LogP contribution < -0.4 is 14.4 Å². The molecule has 0 amide bonds. The number of nitro benzene ring substituents is 1. The lowest BCUT2D eigenvalue weighted by atomic mass is 9.76. The van der Waals surface area contributed by atoms with Crippen LogP contribution in [0.2, 0.25) is 5.02 Å². The SMILES string of the molecule is COc1cc2c(c(C)c1[N+](=O)[O-])C=CC1(O2)N(C)c2ccc(Cl)cc2C1(C)C. The summed E-state index contributed by atoms with van der Waals surface area (Å²) in [6, 6.07) is 7.42. The van der Waals surface area contributed by atoms with Gasteiger partial charge in [-0.05, 0) is 56.7 Å². The number of fused-ring (bicyclic) bond motifs is 2. The molecule has 7 heteroatoms. The molecule has 0 aliphatic carbocycles. The van der Waals surface area contributed by atoms with Crippen molar-refractivity contribution < 1.29 is 14.4 Å². The second-order valence-electron chi connectivity index (χ2n) is 7.70. The highest BCUT2D eigenvalue weighted by Crippen LogP contribution is 2.55. The van der Waals surface area contributed by atoms with E-state index < -0.39 is 16.1 Å². The number of nitro groups is 1. The van der Waals surface area contributed by atoms with Gasteiger partial charge in [-0.1, -0.05) is 11.6 Å². The summed E-state index contributed by atoms with van der Waals surface area (Å²) < 4.78 is 11.9. The Balaban J connectivity index is 1.91. The first-order valence-electron chi connectivity index (χ1n) is 8.92. The largest absolute Gasteiger partial charge is 0.490 e. The fraction of sp³-hybridized carbons (Fsp3) is 0.333. The van der Waals surface area contributed by atoms with E-state index >= 15 is 0 Å². The minimum atomic E-state index is -0.791. The first kappa shape index (κ1) is 18.6. The summed E-state index contributed by atoms with van der Waals surface area (Å²) in [5.41, 5.74) is 2.08. The van der Waals surface area contributed by atoms with Crippen molar-refractivity contribution in [2.45, 2.75) is 31.9 Å². The Hall–Kier alpha value is -2.73. The number of rotatable bonds is 2. The molecule has 1 atom stereocenters. The van der Waals surface area contributed by atoms with Crippen molar-refractivity contribution in [3.05, 3.63) is 62.2 Å². The fourth-order valence-electron chi connectivity index (χ4n) is 4.44. The Morgan fingerprint density at radius 1 is 1.29 bits per heavy atom. The second kappa shape index (κ2) is 5.88. The van der Waals surface area contributed by atoms with E-state index in [2.05, 4.69) is 18.7 Å². The highest BCUT2D eigenvalue weighted by atomic mass is 35.5. The number of likely N-dealkylation sites (N-methyl/N-ethyl adjacent to an activating group) is 1. The number of benzene rings is 2. The molecule has 1 unspecified atom stereocenters. The molecule has 0 saturated carbocycles. The molecule has 0 radical (unpaired) electrons. The van der Waals surface area contributed by atoms with Crippen molar-refractivity contribution in [1.82, 2.24) is 0 Å². The van der Waals surface area contributed by atoms with Crippen LogP contribution in [0, 0.1) is 17.0 Å². The maximum atomic E-state index is 11.5. The molecule has 0 aromatic heterocycles. The Bertz CT molecular complexity index is 1050. The molecule has 0 saturated heterocycles. The molecule has 0 fully saturated rings. The van der Waals surface area contributed by atoms with Crippen molar-refractivity contribution in [2.24, 2.45) is 0 Å². The molecule has 2 aliphatic rings. The van der Waals surface area contributed by atoms with Gasteiger partial charge in [-0.2, -0.15) is 0 Å². The third-order valence-electron chi connectivity index (χ3n) is 6.05. The monoisotopic (exact) mass is 400 g/mol. The molecule has 0 bridgehead atoms. The number of hydrogen-bond donors (Lipinski definition) is 0. The number of hydrogen-bond acceptors (Lipinski definition) is 5. The first-order chi connectivity index (χ1) is 13.1. The van der Waals surface area contributed by atoms with Crippen molar-refractivity contribution in [3.63, 3.8) is 0 Å². The van der Waals surface area contributed by atoms with Crippen LogP contribution in [0.4, 0.5) is 11.4 Å².